The van der Waals surface area contributed by atoms with Crippen molar-refractivity contribution in [3.8, 4) is 17.5 Å². The van der Waals surface area contributed by atoms with Crippen molar-refractivity contribution < 1.29 is 9.47 Å². The van der Waals surface area contributed by atoms with Gasteiger partial charge >= 0.3 is 0 Å². The highest BCUT2D eigenvalue weighted by atomic mass is 35.5. The van der Waals surface area contributed by atoms with Gasteiger partial charge in [0.25, 0.3) is 0 Å². The lowest BCUT2D eigenvalue weighted by Crippen LogP contribution is -2.00. The van der Waals surface area contributed by atoms with E-state index in [0.29, 0.717) is 39.8 Å². The number of ether oxygens (including phenoxy) is 2. The second kappa shape index (κ2) is 5.99. The van der Waals surface area contributed by atoms with Gasteiger partial charge in [-0.1, -0.05) is 23.2 Å². The van der Waals surface area contributed by atoms with Gasteiger partial charge in [0.2, 0.25) is 11.8 Å². The summed E-state index contributed by atoms with van der Waals surface area (Å²) in [5, 5.41) is 0.946. The molecule has 2 N–H and O–H groups in total. The molecule has 1 aromatic heterocycles. The molecular weight excluding hydrogens is 287 g/mol. The van der Waals surface area contributed by atoms with Gasteiger partial charge < -0.3 is 15.2 Å². The maximum absolute atomic E-state index is 6.02. The zero-order chi connectivity index (χ0) is 13.8. The van der Waals surface area contributed by atoms with Crippen molar-refractivity contribution in [1.82, 2.24) is 4.98 Å². The van der Waals surface area contributed by atoms with Crippen LogP contribution in [-0.4, -0.2) is 11.6 Å². The van der Waals surface area contributed by atoms with E-state index in [0.717, 1.165) is 0 Å². The summed E-state index contributed by atoms with van der Waals surface area (Å²) in [6.07, 6.45) is 0. The third-order valence-electron chi connectivity index (χ3n) is 2.25. The second-order valence-corrected chi connectivity index (χ2v) is 4.50. The normalized spacial score (nSPS) is 10.3. The fraction of sp³-hybridized carbons (Fsp3) is 0.154. The van der Waals surface area contributed by atoms with Crippen molar-refractivity contribution in [2.24, 2.45) is 0 Å². The molecule has 0 saturated carbocycles. The molecule has 0 radical (unpaired) electrons. The van der Waals surface area contributed by atoms with Gasteiger partial charge in [0.05, 0.1) is 17.3 Å². The van der Waals surface area contributed by atoms with Crippen molar-refractivity contribution in [3.63, 3.8) is 0 Å². The molecule has 0 aliphatic heterocycles. The Hall–Kier alpha value is -1.65. The summed E-state index contributed by atoms with van der Waals surface area (Å²) in [5.74, 6) is 1.15. The van der Waals surface area contributed by atoms with Gasteiger partial charge in [-0.15, -0.1) is 0 Å². The first kappa shape index (κ1) is 13.8. The van der Waals surface area contributed by atoms with E-state index in [2.05, 4.69) is 4.98 Å². The molecule has 4 nitrogen and oxygen atoms in total. The Balaban J connectivity index is 2.25. The number of hydrogen-bond donors (Lipinski definition) is 1. The number of halogens is 2. The third kappa shape index (κ3) is 3.43. The molecule has 0 saturated heterocycles. The summed E-state index contributed by atoms with van der Waals surface area (Å²) in [7, 11) is 0. The lowest BCUT2D eigenvalue weighted by atomic mass is 10.3. The molecule has 0 aliphatic rings. The molecule has 2 rings (SSSR count). The molecule has 100 valence electrons. The van der Waals surface area contributed by atoms with Crippen LogP contribution < -0.4 is 15.2 Å². The summed E-state index contributed by atoms with van der Waals surface area (Å²) in [4.78, 5) is 4.16. The maximum Gasteiger partial charge on any atom is 0.240 e. The fourth-order valence-electron chi connectivity index (χ4n) is 1.41. The van der Waals surface area contributed by atoms with Gasteiger partial charge in [-0.2, -0.15) is 4.98 Å². The van der Waals surface area contributed by atoms with Crippen molar-refractivity contribution in [2.45, 2.75) is 6.92 Å². The summed E-state index contributed by atoms with van der Waals surface area (Å²) in [6, 6.07) is 8.26. The predicted molar refractivity (Wildman–Crippen MR) is 76.4 cm³/mol. The van der Waals surface area contributed by atoms with Crippen LogP contribution in [0.25, 0.3) is 0 Å². The van der Waals surface area contributed by atoms with Crippen LogP contribution in [0.2, 0.25) is 10.0 Å². The van der Waals surface area contributed by atoms with Crippen molar-refractivity contribution >= 4 is 28.9 Å². The van der Waals surface area contributed by atoms with E-state index in [1.165, 1.54) is 0 Å². The lowest BCUT2D eigenvalue weighted by Gasteiger charge is -2.10. The van der Waals surface area contributed by atoms with Crippen molar-refractivity contribution in [2.75, 3.05) is 12.3 Å². The van der Waals surface area contributed by atoms with Gasteiger partial charge in [-0.05, 0) is 31.2 Å². The Labute approximate surface area is 121 Å². The van der Waals surface area contributed by atoms with Crippen LogP contribution in [0.3, 0.4) is 0 Å². The van der Waals surface area contributed by atoms with Crippen molar-refractivity contribution in [1.29, 1.82) is 0 Å². The quantitative estimate of drug-likeness (QED) is 0.921. The first-order chi connectivity index (χ1) is 9.10. The van der Waals surface area contributed by atoms with E-state index < -0.39 is 0 Å². The average Bonchev–Trinajstić information content (AvgIpc) is 2.37. The molecule has 0 fully saturated rings. The van der Waals surface area contributed by atoms with E-state index in [-0.39, 0.29) is 0 Å². The number of aromatic nitrogens is 1. The zero-order valence-corrected chi connectivity index (χ0v) is 11.7. The number of rotatable bonds is 4. The second-order valence-electron chi connectivity index (χ2n) is 3.65. The molecule has 19 heavy (non-hydrogen) atoms. The first-order valence-electron chi connectivity index (χ1n) is 5.62. The number of pyridine rings is 1. The van der Waals surface area contributed by atoms with E-state index >= 15 is 0 Å². The zero-order valence-electron chi connectivity index (χ0n) is 10.2. The van der Waals surface area contributed by atoms with Crippen LogP contribution in [0.4, 0.5) is 5.69 Å². The molecule has 0 unspecified atom stereocenters. The number of hydrogen-bond acceptors (Lipinski definition) is 4. The summed E-state index contributed by atoms with van der Waals surface area (Å²) < 4.78 is 10.9. The third-order valence-corrected chi connectivity index (χ3v) is 2.78. The first-order valence-corrected chi connectivity index (χ1v) is 6.38. The van der Waals surface area contributed by atoms with Gasteiger partial charge in [0.15, 0.2) is 0 Å². The monoisotopic (exact) mass is 298 g/mol. The Morgan fingerprint density at radius 2 is 2.00 bits per heavy atom. The standard InChI is InChI=1S/C13H12Cl2N2O2/c1-2-18-13-10(16)4-6-12(17-13)19-11-5-3-8(14)7-9(11)15/h3-7H,2,16H2,1H3. The minimum Gasteiger partial charge on any atom is -0.476 e. The highest BCUT2D eigenvalue weighted by Crippen LogP contribution is 2.32. The molecule has 2 aromatic rings. The van der Waals surface area contributed by atoms with Crippen LogP contribution in [-0.2, 0) is 0 Å². The van der Waals surface area contributed by atoms with Crippen LogP contribution in [0.1, 0.15) is 6.92 Å². The minimum atomic E-state index is 0.338. The van der Waals surface area contributed by atoms with E-state index in [1.807, 2.05) is 6.92 Å². The lowest BCUT2D eigenvalue weighted by molar-refractivity contribution is 0.323. The SMILES string of the molecule is CCOc1nc(Oc2ccc(Cl)cc2Cl)ccc1N. The minimum absolute atomic E-state index is 0.338. The smallest absolute Gasteiger partial charge is 0.240 e. The number of nitrogens with zero attached hydrogens (tertiary/aromatic N) is 1. The molecule has 6 heteroatoms. The Kier molecular flexibility index (Phi) is 4.35. The van der Waals surface area contributed by atoms with E-state index in [9.17, 15) is 0 Å². The molecule has 1 aromatic carbocycles. The van der Waals surface area contributed by atoms with Crippen LogP contribution in [0, 0.1) is 0 Å². The van der Waals surface area contributed by atoms with Gasteiger partial charge in [0.1, 0.15) is 5.75 Å². The summed E-state index contributed by atoms with van der Waals surface area (Å²) >= 11 is 11.8. The molecule has 0 amide bonds. The maximum atomic E-state index is 6.02. The average molecular weight is 299 g/mol. The largest absolute Gasteiger partial charge is 0.476 e. The van der Waals surface area contributed by atoms with Crippen LogP contribution in [0.15, 0.2) is 30.3 Å². The highest BCUT2D eigenvalue weighted by molar-refractivity contribution is 6.35. The summed E-state index contributed by atoms with van der Waals surface area (Å²) in [5.41, 5.74) is 6.19. The topological polar surface area (TPSA) is 57.4 Å². The molecule has 0 atom stereocenters. The number of benzene rings is 1. The van der Waals surface area contributed by atoms with E-state index in [1.54, 1.807) is 30.3 Å². The van der Waals surface area contributed by atoms with Crippen LogP contribution in [0.5, 0.6) is 17.5 Å². The van der Waals surface area contributed by atoms with E-state index in [4.69, 9.17) is 38.4 Å². The fourth-order valence-corrected chi connectivity index (χ4v) is 1.86. The number of nitrogens with two attached hydrogens (primary N) is 1. The van der Waals surface area contributed by atoms with Gasteiger partial charge in [-0.25, -0.2) is 0 Å². The Morgan fingerprint density at radius 3 is 2.68 bits per heavy atom. The highest BCUT2D eigenvalue weighted by Gasteiger charge is 2.08. The Bertz CT molecular complexity index is 591. The summed E-state index contributed by atoms with van der Waals surface area (Å²) in [6.45, 7) is 2.33. The van der Waals surface area contributed by atoms with Gasteiger partial charge in [0, 0.05) is 11.1 Å². The molecule has 1 heterocycles. The van der Waals surface area contributed by atoms with Crippen LogP contribution >= 0.6 is 23.2 Å². The Morgan fingerprint density at radius 1 is 1.21 bits per heavy atom. The molecule has 0 spiro atoms. The molecule has 0 aliphatic carbocycles. The van der Waals surface area contributed by atoms with Crippen molar-refractivity contribution in [3.05, 3.63) is 40.4 Å². The van der Waals surface area contributed by atoms with Gasteiger partial charge in [-0.3, -0.25) is 0 Å². The molecule has 0 bridgehead atoms. The number of anilines is 1. The predicted octanol–water partition coefficient (Wildman–Crippen LogP) is 4.16. The number of nitrogen functional groups attached to an aromatic ring is 1. The molecular formula is C13H12Cl2N2O2.